The number of nitrogens with one attached hydrogen (secondary N) is 2. The lowest BCUT2D eigenvalue weighted by atomic mass is 10.0. The van der Waals surface area contributed by atoms with Gasteiger partial charge in [0.05, 0.1) is 25.5 Å². The lowest BCUT2D eigenvalue weighted by Gasteiger charge is -2.21. The Hall–Kier alpha value is -2.71. The molecule has 4 N–H and O–H groups in total. The molecule has 0 aliphatic carbocycles. The van der Waals surface area contributed by atoms with Crippen LogP contribution in [0.1, 0.15) is 329 Å². The summed E-state index contributed by atoms with van der Waals surface area (Å²) in [5.74, 6) is -0.731. The number of aliphatic hydroxyl groups is 2. The maximum absolute atomic E-state index is 13.8. The molecule has 0 unspecified atom stereocenters. The third-order valence-corrected chi connectivity index (χ3v) is 16.5. The van der Waals surface area contributed by atoms with Gasteiger partial charge in [0.2, 0.25) is 11.8 Å². The fraction of sp³-hybridized carbons (Fsp3) is 0.908. The highest BCUT2D eigenvalue weighted by Gasteiger charge is 2.25. The van der Waals surface area contributed by atoms with Crippen molar-refractivity contribution < 1.29 is 38.9 Å². The van der Waals surface area contributed by atoms with Gasteiger partial charge in [0, 0.05) is 30.8 Å². The van der Waals surface area contributed by atoms with Crippen LogP contribution in [0.4, 0.5) is 5.82 Å². The quantitative estimate of drug-likeness (QED) is 0.0360. The van der Waals surface area contributed by atoms with E-state index in [9.17, 15) is 29.4 Å². The van der Waals surface area contributed by atoms with Gasteiger partial charge in [0.1, 0.15) is 18.8 Å². The van der Waals surface area contributed by atoms with Crippen molar-refractivity contribution in [2.24, 2.45) is 0 Å². The summed E-state index contributed by atoms with van der Waals surface area (Å²) >= 11 is 1.35. The SMILES string of the molecule is CCCCCCCCCCCCCCCCCC(=O)N[C@H](CSC[C@@H](COC(=O)CCCCCCCCCCCCCCCCC)OC(=O)CCCCCCCCCCCCCCCCC)C(=O)Nc1cn(C[C@@H](O)CO)nn1. The van der Waals surface area contributed by atoms with Crippen LogP contribution < -0.4 is 10.6 Å². The van der Waals surface area contributed by atoms with Crippen LogP contribution in [0.25, 0.3) is 0 Å². The van der Waals surface area contributed by atoms with Gasteiger partial charge in [0.25, 0.3) is 0 Å². The largest absolute Gasteiger partial charge is 0.462 e. The summed E-state index contributed by atoms with van der Waals surface area (Å²) in [7, 11) is 0. The van der Waals surface area contributed by atoms with Crippen LogP contribution in [0, 0.1) is 0 Å². The van der Waals surface area contributed by atoms with E-state index >= 15 is 0 Å². The van der Waals surface area contributed by atoms with Gasteiger partial charge in [-0.3, -0.25) is 19.2 Å². The molecule has 0 fully saturated rings. The van der Waals surface area contributed by atoms with E-state index in [0.29, 0.717) is 19.3 Å². The highest BCUT2D eigenvalue weighted by Crippen LogP contribution is 2.19. The Bertz CT molecular complexity index is 1530. The molecule has 1 heterocycles. The molecule has 0 spiro atoms. The van der Waals surface area contributed by atoms with Gasteiger partial charge in [-0.25, -0.2) is 4.68 Å². The van der Waals surface area contributed by atoms with E-state index in [1.54, 1.807) is 0 Å². The van der Waals surface area contributed by atoms with Gasteiger partial charge in [-0.05, 0) is 19.3 Å². The van der Waals surface area contributed by atoms with Gasteiger partial charge in [-0.1, -0.05) is 296 Å². The lowest BCUT2D eigenvalue weighted by molar-refractivity contribution is -0.157. The number of carbonyl (C=O) groups excluding carboxylic acids is 4. The van der Waals surface area contributed by atoms with E-state index in [1.807, 2.05) is 0 Å². The van der Waals surface area contributed by atoms with E-state index in [4.69, 9.17) is 9.47 Å². The van der Waals surface area contributed by atoms with Crippen molar-refractivity contribution >= 4 is 41.3 Å². The topological polar surface area (TPSA) is 182 Å². The average molecular weight is 1130 g/mol. The summed E-state index contributed by atoms with van der Waals surface area (Å²) in [5.41, 5.74) is 0. The third-order valence-electron chi connectivity index (χ3n) is 15.3. The zero-order chi connectivity index (χ0) is 57.3. The Morgan fingerprint density at radius 2 is 0.861 bits per heavy atom. The molecule has 0 bridgehead atoms. The van der Waals surface area contributed by atoms with Crippen molar-refractivity contribution in [3.05, 3.63) is 6.20 Å². The molecule has 2 amide bonds. The fourth-order valence-corrected chi connectivity index (χ4v) is 11.3. The number of unbranched alkanes of at least 4 members (excludes halogenated alkanes) is 42. The van der Waals surface area contributed by atoms with E-state index in [2.05, 4.69) is 41.7 Å². The van der Waals surface area contributed by atoms with Crippen LogP contribution in [0.2, 0.25) is 0 Å². The second-order valence-electron chi connectivity index (χ2n) is 23.2. The molecule has 1 aromatic heterocycles. The smallest absolute Gasteiger partial charge is 0.306 e. The highest BCUT2D eigenvalue weighted by atomic mass is 32.2. The molecule has 462 valence electrons. The summed E-state index contributed by atoms with van der Waals surface area (Å²) in [6, 6.07) is -0.939. The minimum absolute atomic E-state index is 0.00175. The first kappa shape index (κ1) is 74.3. The maximum atomic E-state index is 13.8. The number of amides is 2. The third kappa shape index (κ3) is 49.6. The molecule has 1 aromatic rings. The number of aromatic nitrogens is 3. The van der Waals surface area contributed by atoms with Gasteiger partial charge in [-0.15, -0.1) is 5.10 Å². The molecule has 14 heteroatoms. The first-order chi connectivity index (χ1) is 38.7. The predicted molar refractivity (Wildman–Crippen MR) is 330 cm³/mol. The van der Waals surface area contributed by atoms with Crippen molar-refractivity contribution in [3.63, 3.8) is 0 Å². The molecule has 3 atom stereocenters. The van der Waals surface area contributed by atoms with E-state index in [0.717, 1.165) is 64.2 Å². The Kier molecular flexibility index (Phi) is 53.7. The highest BCUT2D eigenvalue weighted by molar-refractivity contribution is 7.99. The first-order valence-corrected chi connectivity index (χ1v) is 34.6. The number of hydrogen-bond acceptors (Lipinski definition) is 11. The molecule has 79 heavy (non-hydrogen) atoms. The molecular weight excluding hydrogens is 1010 g/mol. The van der Waals surface area contributed by atoms with Gasteiger partial charge in [0.15, 0.2) is 5.82 Å². The van der Waals surface area contributed by atoms with Crippen molar-refractivity contribution in [2.75, 3.05) is 30.0 Å². The van der Waals surface area contributed by atoms with E-state index in [-0.39, 0.29) is 48.3 Å². The standard InChI is InChI=1S/C65H123N5O8S/c1-4-7-10-13-16-19-22-25-28-31-34-37-40-43-46-49-62(73)66-60(65(76)67-61-53-70(69-68-61)52-58(72)54-71)57-79-56-59(78-64(75)51-48-45-42-39-36-33-30-27-24-21-18-15-12-9-6-3)55-77-63(74)50-47-44-41-38-35-32-29-26-23-20-17-14-11-8-5-2/h53,58-60,71-72H,4-52,54-57H2,1-3H3,(H,66,73)(H,67,76)/t58-,59-,60-/m1/s1. The van der Waals surface area contributed by atoms with E-state index in [1.165, 1.54) is 247 Å². The van der Waals surface area contributed by atoms with Crippen LogP contribution in [0.3, 0.4) is 0 Å². The molecule has 0 aromatic carbocycles. The van der Waals surface area contributed by atoms with Crippen molar-refractivity contribution in [1.29, 1.82) is 0 Å². The summed E-state index contributed by atoms with van der Waals surface area (Å²) in [6.07, 6.45) is 56.5. The van der Waals surface area contributed by atoms with Crippen molar-refractivity contribution in [1.82, 2.24) is 20.3 Å². The minimum atomic E-state index is -1.03. The second-order valence-corrected chi connectivity index (χ2v) is 24.3. The zero-order valence-electron chi connectivity index (χ0n) is 51.4. The second kappa shape index (κ2) is 57.1. The Morgan fingerprint density at radius 1 is 0.506 bits per heavy atom. The Balaban J connectivity index is 2.71. The van der Waals surface area contributed by atoms with E-state index < -0.39 is 30.8 Å². The number of carbonyl (C=O) groups is 4. The van der Waals surface area contributed by atoms with Crippen molar-refractivity contribution in [2.45, 2.75) is 354 Å². The van der Waals surface area contributed by atoms with Crippen LogP contribution in [0.15, 0.2) is 6.20 Å². The number of hydrogen-bond donors (Lipinski definition) is 4. The Labute approximate surface area is 488 Å². The zero-order valence-corrected chi connectivity index (χ0v) is 52.2. The number of esters is 2. The molecule has 1 rings (SSSR count). The minimum Gasteiger partial charge on any atom is -0.462 e. The number of thioether (sulfide) groups is 1. The van der Waals surface area contributed by atoms with Gasteiger partial charge in [-0.2, -0.15) is 11.8 Å². The maximum Gasteiger partial charge on any atom is 0.306 e. The fourth-order valence-electron chi connectivity index (χ4n) is 10.3. The monoisotopic (exact) mass is 1130 g/mol. The molecule has 0 saturated carbocycles. The average Bonchev–Trinajstić information content (AvgIpc) is 3.89. The molecular formula is C65H123N5O8S. The summed E-state index contributed by atoms with van der Waals surface area (Å²) in [6.45, 7) is 6.28. The lowest BCUT2D eigenvalue weighted by Crippen LogP contribution is -2.45. The van der Waals surface area contributed by atoms with Crippen molar-refractivity contribution in [3.8, 4) is 0 Å². The number of nitrogens with zero attached hydrogens (tertiary/aromatic N) is 3. The normalized spacial score (nSPS) is 12.6. The predicted octanol–water partition coefficient (Wildman–Crippen LogP) is 17.0. The number of rotatable bonds is 61. The first-order valence-electron chi connectivity index (χ1n) is 33.4. The number of ether oxygens (including phenoxy) is 2. The van der Waals surface area contributed by atoms with Crippen LogP contribution in [-0.2, 0) is 35.2 Å². The Morgan fingerprint density at radius 3 is 1.24 bits per heavy atom. The molecule has 0 aliphatic rings. The van der Waals surface area contributed by atoms with Crippen LogP contribution >= 0.6 is 11.8 Å². The summed E-state index contributed by atoms with van der Waals surface area (Å²) in [4.78, 5) is 53.3. The molecule has 0 saturated heterocycles. The molecule has 0 radical (unpaired) electrons. The van der Waals surface area contributed by atoms with Gasteiger partial charge >= 0.3 is 11.9 Å². The summed E-state index contributed by atoms with van der Waals surface area (Å²) < 4.78 is 13.0. The molecule has 13 nitrogen and oxygen atoms in total. The summed E-state index contributed by atoms with van der Waals surface area (Å²) in [5, 5.41) is 32.8. The van der Waals surface area contributed by atoms with Crippen LogP contribution in [-0.4, -0.2) is 91.9 Å². The van der Waals surface area contributed by atoms with Gasteiger partial charge < -0.3 is 30.3 Å². The number of aliphatic hydroxyl groups excluding tert-OH is 2. The number of anilines is 1. The molecule has 0 aliphatic heterocycles. The van der Waals surface area contributed by atoms with Crippen LogP contribution in [0.5, 0.6) is 0 Å².